The van der Waals surface area contributed by atoms with Crippen molar-refractivity contribution < 1.29 is 26.4 Å². The van der Waals surface area contributed by atoms with Gasteiger partial charge >= 0.3 is 11.9 Å². The number of piperazine rings is 1. The van der Waals surface area contributed by atoms with Gasteiger partial charge in [-0.1, -0.05) is 34.6 Å². The second kappa shape index (κ2) is 13.9. The number of nitrogens with one attached hydrogen (secondary N) is 2. The largest absolute Gasteiger partial charge is 0.359 e. The smallest absolute Gasteiger partial charge is 0.319 e. The summed E-state index contributed by atoms with van der Waals surface area (Å²) in [5.41, 5.74) is 1.02. The van der Waals surface area contributed by atoms with Crippen molar-refractivity contribution in [1.29, 1.82) is 0 Å². The molecule has 7 nitrogen and oxygen atoms in total. The molecular formula is C31H33ClF3N4O3S+. The van der Waals surface area contributed by atoms with E-state index in [1.54, 1.807) is 24.3 Å². The Hall–Kier alpha value is -3.43. The van der Waals surface area contributed by atoms with Crippen LogP contribution in [-0.2, 0) is 21.2 Å². The summed E-state index contributed by atoms with van der Waals surface area (Å²) in [6.45, 7) is 8.57. The first kappa shape index (κ1) is 32.5. The van der Waals surface area contributed by atoms with Gasteiger partial charge in [-0.3, -0.25) is 4.79 Å². The van der Waals surface area contributed by atoms with Gasteiger partial charge in [0.05, 0.1) is 12.2 Å². The van der Waals surface area contributed by atoms with E-state index in [1.165, 1.54) is 28.8 Å². The minimum absolute atomic E-state index is 0.124. The maximum Gasteiger partial charge on any atom is 0.359 e. The van der Waals surface area contributed by atoms with Gasteiger partial charge < -0.3 is 10.6 Å². The molecule has 4 rings (SSSR count). The van der Waals surface area contributed by atoms with Crippen molar-refractivity contribution in [3.63, 3.8) is 0 Å². The molecule has 1 fully saturated rings. The first-order chi connectivity index (χ1) is 20.4. The first-order valence-electron chi connectivity index (χ1n) is 13.8. The number of halogens is 4. The van der Waals surface area contributed by atoms with Crippen LogP contribution < -0.4 is 10.6 Å². The van der Waals surface area contributed by atoms with Crippen molar-refractivity contribution in [1.82, 2.24) is 9.62 Å². The Morgan fingerprint density at radius 1 is 1.09 bits per heavy atom. The summed E-state index contributed by atoms with van der Waals surface area (Å²) in [5, 5.41) is 6.36. The molecule has 2 N–H and O–H groups in total. The maximum absolute atomic E-state index is 15.1. The fourth-order valence-corrected chi connectivity index (χ4v) is 7.34. The number of sulfonamides is 1. The molecule has 3 aromatic carbocycles. The minimum atomic E-state index is -3.44. The summed E-state index contributed by atoms with van der Waals surface area (Å²) in [6.07, 6.45) is 2.30. The number of benzene rings is 3. The van der Waals surface area contributed by atoms with Crippen molar-refractivity contribution in [2.75, 3.05) is 24.7 Å². The molecular weight excluding hydrogens is 601 g/mol. The standard InChI is InChI=1S/C31H32ClF3N4O3S/c1-19-17-37-18-25(39(19)43(3,41)42)6-4-7-26-27(35)8-5-9-28(26)38-31(40)30(36-2)29(20-10-12-22(32)13-11-20)21-14-23(33)16-24(34)15-21/h2,5,8-16,19,25,29-30,37H,4,6-7,17-18H2,1,3H3/p+1. The molecule has 0 spiro atoms. The van der Waals surface area contributed by atoms with E-state index in [2.05, 4.69) is 15.5 Å². The summed E-state index contributed by atoms with van der Waals surface area (Å²) >= 11 is 6.04. The number of hydrogen-bond acceptors (Lipinski definition) is 4. The quantitative estimate of drug-likeness (QED) is 0.296. The third kappa shape index (κ3) is 7.95. The lowest BCUT2D eigenvalue weighted by Crippen LogP contribution is -2.57. The second-order valence-corrected chi connectivity index (χ2v) is 13.1. The molecule has 0 saturated carbocycles. The molecule has 0 bridgehead atoms. The first-order valence-corrected chi connectivity index (χ1v) is 16.0. The van der Waals surface area contributed by atoms with Gasteiger partial charge in [-0.05, 0) is 73.7 Å². The summed E-state index contributed by atoms with van der Waals surface area (Å²) in [7, 11) is -3.44. The van der Waals surface area contributed by atoms with E-state index < -0.39 is 45.3 Å². The van der Waals surface area contributed by atoms with Crippen LogP contribution in [0.25, 0.3) is 4.85 Å². The van der Waals surface area contributed by atoms with Gasteiger partial charge in [0, 0.05) is 47.5 Å². The highest BCUT2D eigenvalue weighted by molar-refractivity contribution is 7.88. The Morgan fingerprint density at radius 3 is 2.40 bits per heavy atom. The monoisotopic (exact) mass is 633 g/mol. The Bertz CT molecular complexity index is 1600. The van der Waals surface area contributed by atoms with Gasteiger partial charge in [0.15, 0.2) is 0 Å². The van der Waals surface area contributed by atoms with Crippen LogP contribution >= 0.6 is 11.6 Å². The number of carbonyl (C=O) groups excluding carboxylic acids is 1. The molecule has 0 aromatic heterocycles. The van der Waals surface area contributed by atoms with Crippen LogP contribution in [0.4, 0.5) is 18.9 Å². The lowest BCUT2D eigenvalue weighted by Gasteiger charge is -2.39. The lowest BCUT2D eigenvalue weighted by atomic mass is 9.84. The lowest BCUT2D eigenvalue weighted by molar-refractivity contribution is -0.116. The van der Waals surface area contributed by atoms with Crippen LogP contribution in [0.1, 0.15) is 42.4 Å². The number of rotatable bonds is 10. The van der Waals surface area contributed by atoms with Crippen LogP contribution in [0.2, 0.25) is 5.02 Å². The Balaban J connectivity index is 1.58. The van der Waals surface area contributed by atoms with Gasteiger partial charge in [-0.25, -0.2) is 21.6 Å². The van der Waals surface area contributed by atoms with Gasteiger partial charge in [0.25, 0.3) is 6.57 Å². The van der Waals surface area contributed by atoms with Crippen LogP contribution in [0.3, 0.4) is 0 Å². The number of anilines is 1. The number of amides is 1. The Labute approximate surface area is 254 Å². The fraction of sp³-hybridized carbons (Fsp3) is 0.355. The third-order valence-corrected chi connectivity index (χ3v) is 9.23. The normalized spacial score (nSPS) is 18.9. The van der Waals surface area contributed by atoms with Crippen LogP contribution in [0.15, 0.2) is 60.7 Å². The van der Waals surface area contributed by atoms with E-state index in [0.717, 1.165) is 18.2 Å². The minimum Gasteiger partial charge on any atom is -0.319 e. The number of hydrogen-bond donors (Lipinski definition) is 2. The van der Waals surface area contributed by atoms with Crippen molar-refractivity contribution in [2.24, 2.45) is 0 Å². The van der Waals surface area contributed by atoms with Crippen LogP contribution in [-0.4, -0.2) is 56.1 Å². The average Bonchev–Trinajstić information content (AvgIpc) is 2.92. The summed E-state index contributed by atoms with van der Waals surface area (Å²) in [6, 6.07) is 11.7. The molecule has 4 atom stereocenters. The number of nitrogens with zero attached hydrogens (tertiary/aromatic N) is 2. The van der Waals surface area contributed by atoms with Crippen molar-refractivity contribution in [3.8, 4) is 6.57 Å². The number of carbonyl (C=O) groups is 1. The maximum atomic E-state index is 15.1. The zero-order valence-electron chi connectivity index (χ0n) is 23.7. The van der Waals surface area contributed by atoms with Gasteiger partial charge in [0.1, 0.15) is 17.5 Å². The Morgan fingerprint density at radius 2 is 1.77 bits per heavy atom. The van der Waals surface area contributed by atoms with Gasteiger partial charge in [0.2, 0.25) is 10.0 Å². The highest BCUT2D eigenvalue weighted by atomic mass is 35.5. The summed E-state index contributed by atoms with van der Waals surface area (Å²) in [5.74, 6) is -3.93. The van der Waals surface area contributed by atoms with E-state index in [0.29, 0.717) is 36.5 Å². The molecule has 1 amide bonds. The van der Waals surface area contributed by atoms with Gasteiger partial charge in [-0.2, -0.15) is 4.31 Å². The molecule has 4 unspecified atom stereocenters. The molecule has 1 aliphatic rings. The zero-order chi connectivity index (χ0) is 31.3. The molecule has 0 radical (unpaired) electrons. The molecule has 1 heterocycles. The Kier molecular flexibility index (Phi) is 10.5. The van der Waals surface area contributed by atoms with Crippen molar-refractivity contribution >= 4 is 33.2 Å². The van der Waals surface area contributed by atoms with E-state index in [1.807, 2.05) is 6.92 Å². The SMILES string of the molecule is C#[N+]C(C(=O)Nc1cccc(F)c1CCCC1CNCC(C)N1S(C)(=O)=O)C(c1ccc(Cl)cc1)c1cc(F)cc(F)c1. The van der Waals surface area contributed by atoms with Crippen LogP contribution in [0, 0.1) is 24.0 Å². The van der Waals surface area contributed by atoms with E-state index in [4.69, 9.17) is 18.2 Å². The van der Waals surface area contributed by atoms with E-state index >= 15 is 4.39 Å². The molecule has 1 saturated heterocycles. The van der Waals surface area contributed by atoms with Crippen molar-refractivity contribution in [2.45, 2.75) is 50.2 Å². The fourth-order valence-electron chi connectivity index (χ4n) is 5.76. The topological polar surface area (TPSA) is 82.9 Å². The molecule has 43 heavy (non-hydrogen) atoms. The highest BCUT2D eigenvalue weighted by Crippen LogP contribution is 2.33. The predicted octanol–water partition coefficient (Wildman–Crippen LogP) is 5.80. The van der Waals surface area contributed by atoms with Crippen molar-refractivity contribution in [3.05, 3.63) is 105 Å². The van der Waals surface area contributed by atoms with Crippen LogP contribution in [0.5, 0.6) is 0 Å². The average molecular weight is 634 g/mol. The third-order valence-electron chi connectivity index (χ3n) is 7.56. The highest BCUT2D eigenvalue weighted by Gasteiger charge is 2.40. The molecule has 1 aliphatic heterocycles. The van der Waals surface area contributed by atoms with E-state index in [9.17, 15) is 22.0 Å². The molecule has 3 aromatic rings. The molecule has 228 valence electrons. The predicted molar refractivity (Wildman–Crippen MR) is 163 cm³/mol. The van der Waals surface area contributed by atoms with E-state index in [-0.39, 0.29) is 35.3 Å². The summed E-state index contributed by atoms with van der Waals surface area (Å²) < 4.78 is 69.8. The van der Waals surface area contributed by atoms with Gasteiger partial charge in [-0.15, -0.1) is 0 Å². The second-order valence-electron chi connectivity index (χ2n) is 10.7. The molecule has 0 aliphatic carbocycles. The zero-order valence-corrected chi connectivity index (χ0v) is 25.3. The molecule has 12 heteroatoms. The summed E-state index contributed by atoms with van der Waals surface area (Å²) in [4.78, 5) is 17.4.